The van der Waals surface area contributed by atoms with Crippen molar-refractivity contribution in [1.29, 1.82) is 0 Å². The van der Waals surface area contributed by atoms with Gasteiger partial charge in [-0.15, -0.1) is 0 Å². The highest BCUT2D eigenvalue weighted by Crippen LogP contribution is 2.34. The molecule has 0 aromatic heterocycles. The first-order valence-electron chi connectivity index (χ1n) is 5.77. The van der Waals surface area contributed by atoms with Crippen molar-refractivity contribution in [1.82, 2.24) is 0 Å². The number of carbonyl (C=O) groups excluding carboxylic acids is 1. The number of alkyl halides is 3. The van der Waals surface area contributed by atoms with E-state index in [0.29, 0.717) is 10.7 Å². The number of carbonyl (C=O) groups is 1. The average molecular weight is 381 g/mol. The van der Waals surface area contributed by atoms with E-state index in [1.807, 2.05) is 36.4 Å². The van der Waals surface area contributed by atoms with Crippen LogP contribution in [0, 0.1) is 0 Å². The van der Waals surface area contributed by atoms with Gasteiger partial charge in [0.15, 0.2) is 0 Å². The Labute approximate surface area is 146 Å². The molecule has 110 valence electrons. The lowest BCUT2D eigenvalue weighted by atomic mass is 10.3. The summed E-state index contributed by atoms with van der Waals surface area (Å²) in [7, 11) is 0. The third-order valence-electron chi connectivity index (χ3n) is 2.43. The molecular formula is C14H9Cl4NOS. The van der Waals surface area contributed by atoms with Crippen LogP contribution in [0.3, 0.4) is 0 Å². The van der Waals surface area contributed by atoms with Crippen molar-refractivity contribution in [3.8, 4) is 0 Å². The van der Waals surface area contributed by atoms with Gasteiger partial charge >= 0.3 is 0 Å². The van der Waals surface area contributed by atoms with Crippen LogP contribution >= 0.6 is 58.2 Å². The summed E-state index contributed by atoms with van der Waals surface area (Å²) in [4.78, 5) is 13.5. The maximum atomic E-state index is 11.5. The topological polar surface area (TPSA) is 29.1 Å². The highest BCUT2D eigenvalue weighted by Gasteiger charge is 2.30. The number of benzene rings is 2. The van der Waals surface area contributed by atoms with Gasteiger partial charge in [0.05, 0.1) is 5.02 Å². The molecule has 0 fully saturated rings. The van der Waals surface area contributed by atoms with Crippen molar-refractivity contribution >= 4 is 69.8 Å². The van der Waals surface area contributed by atoms with Gasteiger partial charge in [0.2, 0.25) is 0 Å². The van der Waals surface area contributed by atoms with Crippen molar-refractivity contribution in [3.63, 3.8) is 0 Å². The first kappa shape index (κ1) is 16.8. The fourth-order valence-electron chi connectivity index (χ4n) is 1.46. The quantitative estimate of drug-likeness (QED) is 0.681. The molecule has 0 heterocycles. The summed E-state index contributed by atoms with van der Waals surface area (Å²) in [5.74, 6) is -0.695. The van der Waals surface area contributed by atoms with Crippen LogP contribution < -0.4 is 5.32 Å². The Morgan fingerprint density at radius 1 is 1.00 bits per heavy atom. The van der Waals surface area contributed by atoms with Crippen molar-refractivity contribution in [3.05, 3.63) is 53.6 Å². The smallest absolute Gasteiger partial charge is 0.276 e. The lowest BCUT2D eigenvalue weighted by Gasteiger charge is -2.11. The largest absolute Gasteiger partial charge is 0.322 e. The molecule has 0 saturated carbocycles. The third-order valence-corrected chi connectivity index (χ3v) is 4.47. The molecule has 2 aromatic rings. The molecule has 0 aliphatic rings. The molecule has 2 rings (SSSR count). The van der Waals surface area contributed by atoms with Gasteiger partial charge in [0.25, 0.3) is 9.70 Å². The summed E-state index contributed by atoms with van der Waals surface area (Å²) >= 11 is 24.1. The minimum atomic E-state index is -1.98. The lowest BCUT2D eigenvalue weighted by Crippen LogP contribution is -2.26. The second kappa shape index (κ2) is 7.12. The van der Waals surface area contributed by atoms with Crippen LogP contribution in [0.1, 0.15) is 0 Å². The van der Waals surface area contributed by atoms with Crippen LogP contribution in [0.2, 0.25) is 5.02 Å². The van der Waals surface area contributed by atoms with Crippen molar-refractivity contribution in [2.75, 3.05) is 5.32 Å². The van der Waals surface area contributed by atoms with Crippen LogP contribution in [0.4, 0.5) is 5.69 Å². The van der Waals surface area contributed by atoms with E-state index in [9.17, 15) is 4.79 Å². The van der Waals surface area contributed by atoms with Gasteiger partial charge in [-0.2, -0.15) is 0 Å². The Hall–Kier alpha value is -0.580. The minimum absolute atomic E-state index is 0.551. The Morgan fingerprint density at radius 2 is 1.62 bits per heavy atom. The number of hydrogen-bond acceptors (Lipinski definition) is 2. The van der Waals surface area contributed by atoms with E-state index in [-0.39, 0.29) is 0 Å². The number of halogens is 4. The van der Waals surface area contributed by atoms with Gasteiger partial charge in [0.1, 0.15) is 0 Å². The lowest BCUT2D eigenvalue weighted by molar-refractivity contribution is -0.115. The molecule has 0 atom stereocenters. The predicted octanol–water partition coefficient (Wildman–Crippen LogP) is 5.80. The molecule has 0 radical (unpaired) electrons. The third kappa shape index (κ3) is 4.97. The Balaban J connectivity index is 2.06. The molecule has 0 unspecified atom stereocenters. The molecule has 0 bridgehead atoms. The molecular weight excluding hydrogens is 372 g/mol. The maximum Gasteiger partial charge on any atom is 0.276 e. The number of rotatable bonds is 3. The van der Waals surface area contributed by atoms with E-state index in [1.54, 1.807) is 12.1 Å². The van der Waals surface area contributed by atoms with Gasteiger partial charge in [-0.05, 0) is 36.4 Å². The van der Waals surface area contributed by atoms with Crippen LogP contribution in [0.25, 0.3) is 0 Å². The second-order valence-electron chi connectivity index (χ2n) is 4.01. The Kier molecular flexibility index (Phi) is 5.69. The fraction of sp³-hybridized carbons (Fsp3) is 0.0714. The van der Waals surface area contributed by atoms with Crippen LogP contribution in [-0.2, 0) is 4.79 Å². The van der Waals surface area contributed by atoms with Gasteiger partial charge in [-0.25, -0.2) is 0 Å². The van der Waals surface area contributed by atoms with Crippen molar-refractivity contribution < 1.29 is 4.79 Å². The van der Waals surface area contributed by atoms with Gasteiger partial charge in [-0.1, -0.05) is 70.3 Å². The second-order valence-corrected chi connectivity index (χ2v) is 7.81. The first-order valence-corrected chi connectivity index (χ1v) is 8.10. The summed E-state index contributed by atoms with van der Waals surface area (Å²) in [6.07, 6.45) is 0. The molecule has 1 amide bonds. The highest BCUT2D eigenvalue weighted by molar-refractivity contribution is 7.99. The SMILES string of the molecule is O=C(Nc1ccc(Sc2ccccc2Cl)cc1)C(Cl)(Cl)Cl. The molecule has 7 heteroatoms. The van der Waals surface area contributed by atoms with E-state index >= 15 is 0 Å². The number of anilines is 1. The summed E-state index contributed by atoms with van der Waals surface area (Å²) < 4.78 is -1.98. The zero-order valence-corrected chi connectivity index (χ0v) is 14.3. The standard InChI is InChI=1S/C14H9Cl4NOS/c15-11-3-1-2-4-12(11)21-10-7-5-9(6-8-10)19-13(20)14(16,17)18/h1-8H,(H,19,20). The van der Waals surface area contributed by atoms with Gasteiger partial charge in [-0.3, -0.25) is 4.79 Å². The van der Waals surface area contributed by atoms with E-state index in [4.69, 9.17) is 46.4 Å². The predicted molar refractivity (Wildman–Crippen MR) is 90.9 cm³/mol. The van der Waals surface area contributed by atoms with E-state index in [0.717, 1.165) is 9.79 Å². The Bertz CT molecular complexity index is 640. The molecule has 0 saturated heterocycles. The van der Waals surface area contributed by atoms with E-state index in [2.05, 4.69) is 5.32 Å². The molecule has 1 N–H and O–H groups in total. The monoisotopic (exact) mass is 379 g/mol. The zero-order valence-electron chi connectivity index (χ0n) is 10.4. The highest BCUT2D eigenvalue weighted by atomic mass is 35.6. The minimum Gasteiger partial charge on any atom is -0.322 e. The van der Waals surface area contributed by atoms with Crippen LogP contribution in [0.15, 0.2) is 58.3 Å². The zero-order chi connectivity index (χ0) is 15.5. The van der Waals surface area contributed by atoms with Gasteiger partial charge < -0.3 is 5.32 Å². The number of hydrogen-bond donors (Lipinski definition) is 1. The molecule has 21 heavy (non-hydrogen) atoms. The Morgan fingerprint density at radius 3 is 2.19 bits per heavy atom. The summed E-state index contributed by atoms with van der Waals surface area (Å²) in [6.45, 7) is 0. The first-order chi connectivity index (χ1) is 9.86. The molecule has 0 spiro atoms. The summed E-state index contributed by atoms with van der Waals surface area (Å²) in [6, 6.07) is 14.7. The molecule has 2 aromatic carbocycles. The number of amides is 1. The van der Waals surface area contributed by atoms with Gasteiger partial charge in [0, 0.05) is 15.5 Å². The normalized spacial score (nSPS) is 11.2. The number of nitrogens with one attached hydrogen (secondary N) is 1. The van der Waals surface area contributed by atoms with E-state index in [1.165, 1.54) is 11.8 Å². The summed E-state index contributed by atoms with van der Waals surface area (Å²) in [5.41, 5.74) is 0.551. The molecule has 0 aliphatic heterocycles. The van der Waals surface area contributed by atoms with Crippen molar-refractivity contribution in [2.45, 2.75) is 13.6 Å². The fourth-order valence-corrected chi connectivity index (χ4v) is 2.69. The van der Waals surface area contributed by atoms with Crippen LogP contribution in [-0.4, -0.2) is 9.70 Å². The summed E-state index contributed by atoms with van der Waals surface area (Å²) in [5, 5.41) is 3.21. The van der Waals surface area contributed by atoms with Crippen LogP contribution in [0.5, 0.6) is 0 Å². The maximum absolute atomic E-state index is 11.5. The molecule has 0 aliphatic carbocycles. The van der Waals surface area contributed by atoms with Crippen molar-refractivity contribution in [2.24, 2.45) is 0 Å². The average Bonchev–Trinajstić information content (AvgIpc) is 2.42. The van der Waals surface area contributed by atoms with E-state index < -0.39 is 9.70 Å². The molecule has 2 nitrogen and oxygen atoms in total.